The number of carbonyl (C=O) groups is 2. The maximum atomic E-state index is 12.9. The fourth-order valence-corrected chi connectivity index (χ4v) is 3.85. The summed E-state index contributed by atoms with van der Waals surface area (Å²) in [4.78, 5) is 25.5. The van der Waals surface area contributed by atoms with Crippen LogP contribution in [0.5, 0.6) is 11.5 Å². The van der Waals surface area contributed by atoms with Gasteiger partial charge in [-0.05, 0) is 71.1 Å². The molecular formula is C31H30N2O4. The van der Waals surface area contributed by atoms with Gasteiger partial charge < -0.3 is 9.47 Å². The highest BCUT2D eigenvalue weighted by Crippen LogP contribution is 2.28. The third kappa shape index (κ3) is 6.22. The van der Waals surface area contributed by atoms with Gasteiger partial charge in [0, 0.05) is 11.1 Å². The van der Waals surface area contributed by atoms with Gasteiger partial charge in [-0.2, -0.15) is 5.10 Å². The molecule has 0 saturated carbocycles. The van der Waals surface area contributed by atoms with Gasteiger partial charge in [0.1, 0.15) is 11.5 Å². The van der Waals surface area contributed by atoms with E-state index in [1.807, 2.05) is 49.4 Å². The smallest absolute Gasteiger partial charge is 0.343 e. The van der Waals surface area contributed by atoms with E-state index in [4.69, 9.17) is 9.47 Å². The number of amides is 1. The van der Waals surface area contributed by atoms with Gasteiger partial charge in [-0.25, -0.2) is 10.2 Å². The van der Waals surface area contributed by atoms with Gasteiger partial charge in [0.15, 0.2) is 0 Å². The van der Waals surface area contributed by atoms with Gasteiger partial charge in [-0.3, -0.25) is 4.79 Å². The van der Waals surface area contributed by atoms with E-state index in [0.29, 0.717) is 34.8 Å². The number of nitrogens with zero attached hydrogens (tertiary/aromatic N) is 1. The van der Waals surface area contributed by atoms with E-state index in [9.17, 15) is 9.59 Å². The van der Waals surface area contributed by atoms with Crippen LogP contribution in [0.4, 0.5) is 0 Å². The fraction of sp³-hybridized carbons (Fsp3) is 0.194. The normalized spacial score (nSPS) is 11.5. The Bertz CT molecular complexity index is 1430. The number of hydrogen-bond donors (Lipinski definition) is 1. The molecule has 0 aliphatic rings. The van der Waals surface area contributed by atoms with Crippen molar-refractivity contribution in [3.8, 4) is 11.5 Å². The second-order valence-electron chi connectivity index (χ2n) is 9.57. The molecule has 0 fully saturated rings. The van der Waals surface area contributed by atoms with Crippen LogP contribution in [0.1, 0.15) is 59.5 Å². The Balaban J connectivity index is 1.56. The molecule has 0 aromatic heterocycles. The van der Waals surface area contributed by atoms with Crippen molar-refractivity contribution in [3.63, 3.8) is 0 Å². The summed E-state index contributed by atoms with van der Waals surface area (Å²) in [6, 6.07) is 25.5. The third-order valence-electron chi connectivity index (χ3n) is 5.91. The molecule has 0 aliphatic carbocycles. The molecule has 4 aromatic rings. The number of rotatable bonds is 7. The molecule has 0 aliphatic heterocycles. The van der Waals surface area contributed by atoms with Crippen LogP contribution in [0.2, 0.25) is 0 Å². The molecule has 4 aromatic carbocycles. The van der Waals surface area contributed by atoms with Crippen molar-refractivity contribution in [2.45, 2.75) is 33.1 Å². The average molecular weight is 495 g/mol. The van der Waals surface area contributed by atoms with E-state index < -0.39 is 5.97 Å². The van der Waals surface area contributed by atoms with Crippen LogP contribution < -0.4 is 14.9 Å². The average Bonchev–Trinajstić information content (AvgIpc) is 2.89. The highest BCUT2D eigenvalue weighted by molar-refractivity contribution is 6.04. The number of ether oxygens (including phenoxy) is 2. The topological polar surface area (TPSA) is 77.0 Å². The number of hydrogen-bond acceptors (Lipinski definition) is 5. The Morgan fingerprint density at radius 1 is 0.865 bits per heavy atom. The molecule has 37 heavy (non-hydrogen) atoms. The summed E-state index contributed by atoms with van der Waals surface area (Å²) in [5.74, 6) is 0.187. The quantitative estimate of drug-likeness (QED) is 0.137. The maximum Gasteiger partial charge on any atom is 0.343 e. The van der Waals surface area contributed by atoms with Crippen molar-refractivity contribution in [2.75, 3.05) is 6.61 Å². The third-order valence-corrected chi connectivity index (χ3v) is 5.91. The number of carbonyl (C=O) groups excluding carboxylic acids is 2. The summed E-state index contributed by atoms with van der Waals surface area (Å²) in [5.41, 5.74) is 5.20. The standard InChI is InChI=1S/C31H30N2O4/c1-5-36-25-17-12-23(13-18-25)30(35)37-28-19-14-21-8-6-7-9-26(21)27(28)20-32-33-29(34)22-10-15-24(16-11-22)31(2,3)4/h6-20H,5H2,1-4H3,(H,33,34)/b32-20+. The molecule has 0 bridgehead atoms. The molecule has 4 rings (SSSR count). The molecule has 188 valence electrons. The molecule has 6 nitrogen and oxygen atoms in total. The molecule has 0 saturated heterocycles. The zero-order chi connectivity index (χ0) is 26.4. The van der Waals surface area contributed by atoms with Crippen molar-refractivity contribution in [1.29, 1.82) is 0 Å². The lowest BCUT2D eigenvalue weighted by atomic mass is 9.87. The minimum atomic E-state index is -0.504. The first-order valence-electron chi connectivity index (χ1n) is 12.2. The SMILES string of the molecule is CCOc1ccc(C(=O)Oc2ccc3ccccc3c2/C=N/NC(=O)c2ccc(C(C)(C)C)cc2)cc1. The first kappa shape index (κ1) is 25.6. The van der Waals surface area contributed by atoms with Crippen molar-refractivity contribution in [3.05, 3.63) is 107 Å². The lowest BCUT2D eigenvalue weighted by molar-refractivity contribution is 0.0734. The van der Waals surface area contributed by atoms with Gasteiger partial charge in [0.25, 0.3) is 5.91 Å². The van der Waals surface area contributed by atoms with Gasteiger partial charge in [0.05, 0.1) is 18.4 Å². The van der Waals surface area contributed by atoms with E-state index in [1.54, 1.807) is 42.5 Å². The van der Waals surface area contributed by atoms with Crippen LogP contribution in [-0.2, 0) is 5.41 Å². The van der Waals surface area contributed by atoms with Gasteiger partial charge in [-0.1, -0.05) is 63.2 Å². The van der Waals surface area contributed by atoms with E-state index in [-0.39, 0.29) is 11.3 Å². The van der Waals surface area contributed by atoms with Gasteiger partial charge >= 0.3 is 5.97 Å². The number of nitrogens with one attached hydrogen (secondary N) is 1. The van der Waals surface area contributed by atoms with E-state index in [1.165, 1.54) is 6.21 Å². The predicted octanol–water partition coefficient (Wildman–Crippen LogP) is 6.52. The molecule has 0 atom stereocenters. The Hall–Kier alpha value is -4.45. The minimum absolute atomic E-state index is 0.000679. The summed E-state index contributed by atoms with van der Waals surface area (Å²) in [5, 5.41) is 5.97. The number of esters is 1. The molecule has 0 spiro atoms. The highest BCUT2D eigenvalue weighted by atomic mass is 16.5. The zero-order valence-corrected chi connectivity index (χ0v) is 21.4. The maximum absolute atomic E-state index is 12.9. The summed E-state index contributed by atoms with van der Waals surface area (Å²) >= 11 is 0. The number of fused-ring (bicyclic) bond motifs is 1. The zero-order valence-electron chi connectivity index (χ0n) is 21.4. The van der Waals surface area contributed by atoms with Crippen LogP contribution in [-0.4, -0.2) is 24.7 Å². The first-order valence-corrected chi connectivity index (χ1v) is 12.2. The lowest BCUT2D eigenvalue weighted by Crippen LogP contribution is -2.18. The Morgan fingerprint density at radius 2 is 1.54 bits per heavy atom. The van der Waals surface area contributed by atoms with Crippen molar-refractivity contribution in [2.24, 2.45) is 5.10 Å². The molecule has 0 heterocycles. The van der Waals surface area contributed by atoms with Gasteiger partial charge in [0.2, 0.25) is 0 Å². The Kier molecular flexibility index (Phi) is 7.68. The second kappa shape index (κ2) is 11.1. The molecular weight excluding hydrogens is 464 g/mol. The summed E-state index contributed by atoms with van der Waals surface area (Å²) in [6.45, 7) is 8.81. The molecule has 0 unspecified atom stereocenters. The number of benzene rings is 4. The van der Waals surface area contributed by atoms with E-state index in [2.05, 4.69) is 31.3 Å². The van der Waals surface area contributed by atoms with Crippen LogP contribution in [0.25, 0.3) is 10.8 Å². The summed E-state index contributed by atoms with van der Waals surface area (Å²) < 4.78 is 11.2. The van der Waals surface area contributed by atoms with E-state index in [0.717, 1.165) is 16.3 Å². The molecule has 1 amide bonds. The van der Waals surface area contributed by atoms with Crippen LogP contribution in [0.15, 0.2) is 90.0 Å². The van der Waals surface area contributed by atoms with Crippen molar-refractivity contribution in [1.82, 2.24) is 5.43 Å². The molecule has 0 radical (unpaired) electrons. The van der Waals surface area contributed by atoms with Gasteiger partial charge in [-0.15, -0.1) is 0 Å². The van der Waals surface area contributed by atoms with Crippen molar-refractivity contribution < 1.29 is 19.1 Å². The van der Waals surface area contributed by atoms with Crippen molar-refractivity contribution >= 4 is 28.9 Å². The predicted molar refractivity (Wildman–Crippen MR) is 147 cm³/mol. The highest BCUT2D eigenvalue weighted by Gasteiger charge is 2.15. The summed E-state index contributed by atoms with van der Waals surface area (Å²) in [7, 11) is 0. The Labute approximate surface area is 216 Å². The van der Waals surface area contributed by atoms with Crippen LogP contribution in [0, 0.1) is 0 Å². The minimum Gasteiger partial charge on any atom is -0.494 e. The molecule has 1 N–H and O–H groups in total. The largest absolute Gasteiger partial charge is 0.494 e. The van der Waals surface area contributed by atoms with Crippen LogP contribution >= 0.6 is 0 Å². The number of hydrazone groups is 1. The fourth-order valence-electron chi connectivity index (χ4n) is 3.85. The second-order valence-corrected chi connectivity index (χ2v) is 9.57. The van der Waals surface area contributed by atoms with Crippen LogP contribution in [0.3, 0.4) is 0 Å². The van der Waals surface area contributed by atoms with E-state index >= 15 is 0 Å². The molecule has 6 heteroatoms. The Morgan fingerprint density at radius 3 is 2.22 bits per heavy atom. The monoisotopic (exact) mass is 494 g/mol. The lowest BCUT2D eigenvalue weighted by Gasteiger charge is -2.18. The summed E-state index contributed by atoms with van der Waals surface area (Å²) in [6.07, 6.45) is 1.50. The first-order chi connectivity index (χ1) is 17.8.